The molecule has 0 aliphatic heterocycles. The first-order chi connectivity index (χ1) is 6.56. The average molecular weight is 197 g/mol. The highest BCUT2D eigenvalue weighted by Crippen LogP contribution is 2.14. The largest absolute Gasteiger partial charge is 0.499 e. The standard InChI is InChI=1S/C7H7N3O4/c1-5-8-2-7(10(13)14)9(5)3-6(12)4-11/h2,12H,3H2,1H3. The van der Waals surface area contributed by atoms with E-state index in [9.17, 15) is 14.9 Å². The van der Waals surface area contributed by atoms with Crippen LogP contribution in [0.5, 0.6) is 0 Å². The van der Waals surface area contributed by atoms with Crippen molar-refractivity contribution in [2.75, 3.05) is 0 Å². The lowest BCUT2D eigenvalue weighted by atomic mass is 10.5. The van der Waals surface area contributed by atoms with Crippen molar-refractivity contribution in [2.24, 2.45) is 0 Å². The average Bonchev–Trinajstić information content (AvgIpc) is 2.48. The van der Waals surface area contributed by atoms with Crippen LogP contribution in [0.4, 0.5) is 5.82 Å². The first-order valence-corrected chi connectivity index (χ1v) is 3.65. The summed E-state index contributed by atoms with van der Waals surface area (Å²) in [6.45, 7) is 1.25. The van der Waals surface area contributed by atoms with Gasteiger partial charge in [-0.05, 0) is 4.92 Å². The third-order valence-corrected chi connectivity index (χ3v) is 1.65. The second-order valence-corrected chi connectivity index (χ2v) is 2.56. The Morgan fingerprint density at radius 3 is 3.00 bits per heavy atom. The van der Waals surface area contributed by atoms with E-state index in [-0.39, 0.29) is 12.4 Å². The summed E-state index contributed by atoms with van der Waals surface area (Å²) in [5, 5.41) is 19.3. The topological polar surface area (TPSA) is 98.3 Å². The number of aryl methyl sites for hydroxylation is 1. The summed E-state index contributed by atoms with van der Waals surface area (Å²) >= 11 is 0. The summed E-state index contributed by atoms with van der Waals surface area (Å²) < 4.78 is 1.11. The fourth-order valence-corrected chi connectivity index (χ4v) is 0.979. The van der Waals surface area contributed by atoms with Crippen LogP contribution in [0, 0.1) is 17.0 Å². The zero-order valence-electron chi connectivity index (χ0n) is 7.30. The van der Waals surface area contributed by atoms with E-state index in [1.54, 1.807) is 0 Å². The lowest BCUT2D eigenvalue weighted by Crippen LogP contribution is -2.07. The van der Waals surface area contributed by atoms with Gasteiger partial charge in [-0.1, -0.05) is 0 Å². The van der Waals surface area contributed by atoms with E-state index in [0.717, 1.165) is 10.8 Å². The fourth-order valence-electron chi connectivity index (χ4n) is 0.979. The monoisotopic (exact) mass is 197 g/mol. The molecule has 0 amide bonds. The van der Waals surface area contributed by atoms with Gasteiger partial charge in [0.05, 0.1) is 0 Å². The molecule has 74 valence electrons. The lowest BCUT2D eigenvalue weighted by molar-refractivity contribution is -0.392. The molecule has 0 fully saturated rings. The van der Waals surface area contributed by atoms with Crippen LogP contribution >= 0.6 is 0 Å². The normalized spacial score (nSPS) is 9.50. The molecule has 0 spiro atoms. The summed E-state index contributed by atoms with van der Waals surface area (Å²) in [4.78, 5) is 23.5. The van der Waals surface area contributed by atoms with Crippen LogP contribution in [0.15, 0.2) is 12.0 Å². The Bertz CT molecular complexity index is 417. The lowest BCUT2D eigenvalue weighted by Gasteiger charge is -1.99. The van der Waals surface area contributed by atoms with Crippen molar-refractivity contribution in [2.45, 2.75) is 13.5 Å². The molecular formula is C7H7N3O4. The molecule has 7 nitrogen and oxygen atoms in total. The maximum Gasteiger partial charge on any atom is 0.343 e. The number of nitrogens with zero attached hydrogens (tertiary/aromatic N) is 3. The molecule has 0 aliphatic carbocycles. The zero-order valence-corrected chi connectivity index (χ0v) is 7.30. The Labute approximate surface area is 78.4 Å². The molecule has 0 saturated heterocycles. The molecule has 0 unspecified atom stereocenters. The van der Waals surface area contributed by atoms with Crippen LogP contribution in [0.2, 0.25) is 0 Å². The molecule has 1 aromatic heterocycles. The van der Waals surface area contributed by atoms with Crippen molar-refractivity contribution in [3.8, 4) is 0 Å². The van der Waals surface area contributed by atoms with Crippen LogP contribution in [0.1, 0.15) is 5.82 Å². The number of carbonyl (C=O) groups excluding carboxylic acids is 1. The van der Waals surface area contributed by atoms with E-state index in [1.807, 2.05) is 0 Å². The summed E-state index contributed by atoms with van der Waals surface area (Å²) in [5.74, 6) is 0.717. The number of aromatic nitrogens is 2. The van der Waals surface area contributed by atoms with Crippen molar-refractivity contribution in [3.05, 3.63) is 27.9 Å². The van der Waals surface area contributed by atoms with E-state index >= 15 is 0 Å². The predicted octanol–water partition coefficient (Wildman–Crippen LogP) is 0.373. The molecule has 0 atom stereocenters. The maximum atomic E-state index is 10.5. The highest BCUT2D eigenvalue weighted by molar-refractivity contribution is 5.48. The van der Waals surface area contributed by atoms with E-state index in [0.29, 0.717) is 5.82 Å². The van der Waals surface area contributed by atoms with Gasteiger partial charge >= 0.3 is 5.82 Å². The summed E-state index contributed by atoms with van der Waals surface area (Å²) in [6.07, 6.45) is 1.06. The summed E-state index contributed by atoms with van der Waals surface area (Å²) in [7, 11) is 0. The minimum atomic E-state index is -0.641. The molecule has 1 rings (SSSR count). The molecule has 0 radical (unpaired) electrons. The number of nitro groups is 1. The predicted molar refractivity (Wildman–Crippen MR) is 45.5 cm³/mol. The number of imidazole rings is 1. The number of aliphatic hydroxyl groups is 1. The molecule has 0 aromatic carbocycles. The Kier molecular flexibility index (Phi) is 2.64. The zero-order chi connectivity index (χ0) is 10.7. The van der Waals surface area contributed by atoms with Crippen LogP contribution in [-0.4, -0.2) is 25.5 Å². The van der Waals surface area contributed by atoms with E-state index in [4.69, 9.17) is 5.11 Å². The molecule has 1 N–H and O–H groups in total. The van der Waals surface area contributed by atoms with Crippen LogP contribution in [-0.2, 0) is 11.3 Å². The van der Waals surface area contributed by atoms with Crippen molar-refractivity contribution >= 4 is 11.8 Å². The van der Waals surface area contributed by atoms with Gasteiger partial charge in [0.1, 0.15) is 6.20 Å². The number of allylic oxidation sites excluding steroid dienone is 1. The molecule has 0 bridgehead atoms. The van der Waals surface area contributed by atoms with Gasteiger partial charge in [-0.25, -0.2) is 14.3 Å². The van der Waals surface area contributed by atoms with E-state index < -0.39 is 10.7 Å². The Morgan fingerprint density at radius 1 is 1.86 bits per heavy atom. The maximum absolute atomic E-state index is 10.5. The highest BCUT2D eigenvalue weighted by atomic mass is 16.6. The minimum absolute atomic E-state index is 0.274. The summed E-state index contributed by atoms with van der Waals surface area (Å²) in [6, 6.07) is 0. The van der Waals surface area contributed by atoms with Gasteiger partial charge in [-0.15, -0.1) is 0 Å². The minimum Gasteiger partial charge on any atom is -0.499 e. The Morgan fingerprint density at radius 2 is 2.50 bits per heavy atom. The third kappa shape index (κ3) is 1.78. The first-order valence-electron chi connectivity index (χ1n) is 3.65. The van der Waals surface area contributed by atoms with Crippen molar-refractivity contribution in [1.29, 1.82) is 0 Å². The van der Waals surface area contributed by atoms with Gasteiger partial charge in [-0.2, -0.15) is 0 Å². The number of hydrogen-bond acceptors (Lipinski definition) is 5. The molecule has 1 heterocycles. The molecule has 0 aliphatic rings. The quantitative estimate of drug-likeness (QED) is 0.326. The molecule has 0 saturated carbocycles. The van der Waals surface area contributed by atoms with Crippen molar-refractivity contribution < 1.29 is 14.8 Å². The number of rotatable bonds is 3. The second-order valence-electron chi connectivity index (χ2n) is 2.56. The number of hydrogen-bond donors (Lipinski definition) is 1. The molecule has 14 heavy (non-hydrogen) atoms. The van der Waals surface area contributed by atoms with Crippen molar-refractivity contribution in [1.82, 2.24) is 9.55 Å². The SMILES string of the molecule is Cc1ncc([N+](=O)[O-])n1CC(O)=C=O. The van der Waals surface area contributed by atoms with Gasteiger partial charge in [0.25, 0.3) is 0 Å². The second kappa shape index (κ2) is 3.71. The summed E-state index contributed by atoms with van der Waals surface area (Å²) in [5.41, 5.74) is 0. The van der Waals surface area contributed by atoms with Crippen LogP contribution in [0.3, 0.4) is 0 Å². The highest BCUT2D eigenvalue weighted by Gasteiger charge is 2.18. The van der Waals surface area contributed by atoms with Gasteiger partial charge in [0, 0.05) is 6.92 Å². The smallest absolute Gasteiger partial charge is 0.343 e. The third-order valence-electron chi connectivity index (χ3n) is 1.65. The van der Waals surface area contributed by atoms with Gasteiger partial charge in [0.2, 0.25) is 5.76 Å². The van der Waals surface area contributed by atoms with Gasteiger partial charge in [-0.3, -0.25) is 0 Å². The van der Waals surface area contributed by atoms with E-state index in [2.05, 4.69) is 4.98 Å². The van der Waals surface area contributed by atoms with E-state index in [1.165, 1.54) is 12.9 Å². The van der Waals surface area contributed by atoms with Gasteiger partial charge < -0.3 is 15.2 Å². The number of aliphatic hydroxyl groups excluding tert-OH is 1. The van der Waals surface area contributed by atoms with Crippen molar-refractivity contribution in [3.63, 3.8) is 0 Å². The van der Waals surface area contributed by atoms with Gasteiger partial charge in [0.15, 0.2) is 18.3 Å². The van der Waals surface area contributed by atoms with Crippen LogP contribution < -0.4 is 0 Å². The molecular weight excluding hydrogens is 190 g/mol. The fraction of sp³-hybridized carbons (Fsp3) is 0.286. The first kappa shape index (κ1) is 9.94. The Balaban J connectivity index is 3.11. The molecule has 7 heteroatoms. The Hall–Kier alpha value is -2.14. The molecule has 1 aromatic rings. The van der Waals surface area contributed by atoms with Crippen LogP contribution in [0.25, 0.3) is 0 Å².